The molecule has 4 atom stereocenters. The lowest BCUT2D eigenvalue weighted by Gasteiger charge is -2.23. The van der Waals surface area contributed by atoms with Crippen LogP contribution >= 0.6 is 141 Å². The second-order valence-electron chi connectivity index (χ2n) is 31.3. The number of allylic oxidation sites excluding steroid dienone is 1. The van der Waals surface area contributed by atoms with E-state index >= 15 is 0 Å². The van der Waals surface area contributed by atoms with Gasteiger partial charge < -0.3 is 96.3 Å². The number of nitrogens with one attached hydrogen (secondary N) is 4. The molecule has 44 nitrogen and oxygen atoms in total. The summed E-state index contributed by atoms with van der Waals surface area (Å²) in [7, 11) is -14.5. The van der Waals surface area contributed by atoms with Gasteiger partial charge in [-0.05, 0) is 83.6 Å². The van der Waals surface area contributed by atoms with Crippen LogP contribution < -0.4 is 45.2 Å². The fourth-order valence-corrected chi connectivity index (χ4v) is 22.4. The highest BCUT2D eigenvalue weighted by Crippen LogP contribution is 2.53. The molecule has 56 heteroatoms. The quantitative estimate of drug-likeness (QED) is 0.00997. The highest BCUT2D eigenvalue weighted by Gasteiger charge is 2.33. The number of H-pyrrole nitrogens is 4. The summed E-state index contributed by atoms with van der Waals surface area (Å²) in [4.78, 5) is 137. The Kier molecular flexibility index (Phi) is 46.3. The summed E-state index contributed by atoms with van der Waals surface area (Å²) in [5.41, 5.74) is 25.5. The van der Waals surface area contributed by atoms with Crippen LogP contribution in [0.2, 0.25) is 0 Å². The molecule has 1 aliphatic rings. The number of nitrogen functional groups attached to an aromatic ring is 4. The van der Waals surface area contributed by atoms with Crippen molar-refractivity contribution in [1.29, 1.82) is 0 Å². The van der Waals surface area contributed by atoms with Gasteiger partial charge in [0.15, 0.2) is 65.1 Å². The number of anilines is 4. The lowest BCUT2D eigenvalue weighted by atomic mass is 9.87. The molecule has 0 radical (unpaired) electrons. The van der Waals surface area contributed by atoms with Gasteiger partial charge in [0.1, 0.15) is 25.4 Å². The van der Waals surface area contributed by atoms with Gasteiger partial charge in [0.25, 0.3) is 22.2 Å². The van der Waals surface area contributed by atoms with E-state index in [4.69, 9.17) is 78.1 Å². The standard InChI is InChI=1S/C22H27BrN5O6PS.C22H29BrN5O6PS.C21H25BrN5O6PS.C20H25BrN5O6PS/c23-17-6-1-3-15(11-17)12-34-35(31,33-9-10-36-21(30)16-4-2-5-16)14-32-8-7-28-13-25-18-19(28)26-22(24)27-20(18)29;1-22(2,3)20(30)36-10-9-33-35(31,34-12-15-5-4-6-16(23)11-15)14-32-8-7-28-13-25-17-18(28)26-21(24)27-19(17)29;1-2-4-17(28)35-10-9-32-34(30,33-12-15-5-3-6-16(22)11-15)14-31-8-7-27-13-24-18-19(27)25-21(23)26-20(18)29;1-2-16(27)34-9-8-31-33(29,32-11-14-4-3-5-15(21)10-14)13-30-7-6-26-12-23-17-18(26)24-20(22)25-19(17)28/h1,3,6,11,13,16H,2,4-5,7-10,12,14H2,(H3,24,26,27,29);4-6,11,13H,7-10,12,14H2,1-3H3,(H3,24,26,27,29);2-3,5-6,11,13H,1,4,7-10,12,14H2,(H3,23,25,26,29);3-5,10,12H,2,6-9,11,13H2,1H3,(H3,22,24,25,28). The molecule has 0 saturated heterocycles. The van der Waals surface area contributed by atoms with Gasteiger partial charge >= 0.3 is 30.4 Å². The minimum absolute atomic E-state index is 0.0114. The molecule has 762 valence electrons. The van der Waals surface area contributed by atoms with Gasteiger partial charge in [-0.25, -0.2) is 19.9 Å². The summed E-state index contributed by atoms with van der Waals surface area (Å²) in [5, 5.41) is 0.162. The number of benzene rings is 4. The number of thioether (sulfide) groups is 4. The average molecular weight is 2360 g/mol. The number of aromatic amines is 4. The van der Waals surface area contributed by atoms with E-state index in [1.165, 1.54) is 43.1 Å². The van der Waals surface area contributed by atoms with Gasteiger partial charge in [-0.3, -0.25) is 76.6 Å². The topological polar surface area (TPSA) is 606 Å². The van der Waals surface area contributed by atoms with E-state index in [2.05, 4.69) is 130 Å². The van der Waals surface area contributed by atoms with Crippen LogP contribution in [0.25, 0.3) is 44.7 Å². The highest BCUT2D eigenvalue weighted by molar-refractivity contribution is 9.11. The maximum Gasteiger partial charge on any atom is 0.356 e. The number of carbonyl (C=O) groups excluding carboxylic acids is 4. The first-order chi connectivity index (χ1) is 67.4. The molecule has 0 spiro atoms. The fraction of sp³-hybridized carbons (Fsp3) is 0.412. The number of imidazole rings is 4. The lowest BCUT2D eigenvalue weighted by Crippen LogP contribution is -2.20. The van der Waals surface area contributed by atoms with Crippen molar-refractivity contribution in [3.8, 4) is 0 Å². The number of nitrogens with two attached hydrogens (primary N) is 4. The first kappa shape index (κ1) is 115. The molecule has 1 aliphatic carbocycles. The van der Waals surface area contributed by atoms with E-state index in [1.54, 1.807) is 25.2 Å². The molecule has 13 rings (SSSR count). The van der Waals surface area contributed by atoms with Crippen LogP contribution in [0.5, 0.6) is 0 Å². The van der Waals surface area contributed by atoms with Crippen LogP contribution in [0, 0.1) is 11.3 Å². The molecule has 0 bridgehead atoms. The maximum absolute atomic E-state index is 13.4. The first-order valence-corrected chi connectivity index (χ1v) is 57.3. The van der Waals surface area contributed by atoms with Crippen LogP contribution in [-0.4, -0.2) is 200 Å². The predicted octanol–water partition coefficient (Wildman–Crippen LogP) is 15.3. The smallest absolute Gasteiger partial charge is 0.356 e. The molecular weight excluding hydrogens is 2260 g/mol. The molecule has 4 aromatic carbocycles. The van der Waals surface area contributed by atoms with Gasteiger partial charge in [-0.15, -0.1) is 6.58 Å². The summed E-state index contributed by atoms with van der Waals surface area (Å²) in [6, 6.07) is 29.7. The summed E-state index contributed by atoms with van der Waals surface area (Å²) in [5.74, 6) is 1.48. The monoisotopic (exact) mass is 2360 g/mol. The first-order valence-electron chi connectivity index (χ1n) is 43.3. The van der Waals surface area contributed by atoms with Crippen LogP contribution in [-0.2, 0) is 145 Å². The van der Waals surface area contributed by atoms with Crippen LogP contribution in [0.3, 0.4) is 0 Å². The Morgan fingerprint density at radius 1 is 0.426 bits per heavy atom. The third-order valence-corrected chi connectivity index (χ3v) is 31.7. The van der Waals surface area contributed by atoms with Crippen LogP contribution in [0.15, 0.2) is 172 Å². The van der Waals surface area contributed by atoms with E-state index in [0.29, 0.717) is 65.1 Å². The van der Waals surface area contributed by atoms with Crippen molar-refractivity contribution in [3.05, 3.63) is 217 Å². The number of nitrogens with zero attached hydrogens (tertiary/aromatic N) is 12. The summed E-state index contributed by atoms with van der Waals surface area (Å²) < 4.78 is 131. The molecule has 1 saturated carbocycles. The third kappa shape index (κ3) is 38.2. The van der Waals surface area contributed by atoms with E-state index in [-0.39, 0.29) is 196 Å². The van der Waals surface area contributed by atoms with Crippen molar-refractivity contribution < 1.29 is 92.6 Å². The van der Waals surface area contributed by atoms with Crippen molar-refractivity contribution in [2.45, 2.75) is 112 Å². The van der Waals surface area contributed by atoms with Crippen molar-refractivity contribution in [3.63, 3.8) is 0 Å². The SMILES string of the molecule is C=CCC(=O)SCCOP(=O)(COCCn1cnc2c(=O)[nH]c(N)nc21)OCc1cccc(Br)c1.CC(C)(C)C(=O)SCCOP(=O)(COCCn1cnc2c(=O)[nH]c(N)nc21)OCc1cccc(Br)c1.CCC(=O)SCCOP(=O)(COCCn1cnc2c(=O)[nH]c(N)nc21)OCc1cccc(Br)c1.Nc1nc2c(ncn2CCOCP(=O)(OCCSC(=O)C2CCC2)OCc2cccc(Br)c2)c(=O)[nH]1. The zero-order valence-corrected chi connectivity index (χ0v) is 90.0. The number of hydrogen-bond acceptors (Lipinski definition) is 40. The van der Waals surface area contributed by atoms with E-state index in [9.17, 15) is 56.6 Å². The highest BCUT2D eigenvalue weighted by atomic mass is 79.9. The maximum atomic E-state index is 13.4. The van der Waals surface area contributed by atoms with Crippen LogP contribution in [0.4, 0.5) is 23.8 Å². The zero-order chi connectivity index (χ0) is 102. The van der Waals surface area contributed by atoms with Gasteiger partial charge in [-0.2, -0.15) is 19.9 Å². The van der Waals surface area contributed by atoms with E-state index < -0.39 is 58.0 Å². The Labute approximate surface area is 858 Å². The molecule has 12 N–H and O–H groups in total. The Morgan fingerprint density at radius 2 is 0.702 bits per heavy atom. The largest absolute Gasteiger partial charge is 0.369 e. The van der Waals surface area contributed by atoms with Crippen molar-refractivity contribution in [2.75, 3.05) is 124 Å². The predicted molar refractivity (Wildman–Crippen MR) is 555 cm³/mol. The Morgan fingerprint density at radius 3 is 0.957 bits per heavy atom. The molecular formula is C85H106Br4N20O24P4S4. The second-order valence-corrected chi connectivity index (χ2v) is 47.4. The number of ether oxygens (including phenoxy) is 4. The minimum Gasteiger partial charge on any atom is -0.369 e. The Hall–Kier alpha value is -8.34. The number of hydrogen-bond donors (Lipinski definition) is 8. The molecule has 8 heterocycles. The number of halogens is 4. The van der Waals surface area contributed by atoms with Gasteiger partial charge in [0.05, 0.1) is 105 Å². The number of carbonyl (C=O) groups is 4. The second kappa shape index (κ2) is 57.0. The molecule has 0 aliphatic heterocycles. The summed E-state index contributed by atoms with van der Waals surface area (Å²) in [6.07, 6.45) is 9.86. The average Bonchev–Trinajstić information content (AvgIpc) is 1.71. The van der Waals surface area contributed by atoms with Gasteiger partial charge in [-0.1, -0.05) is 199 Å². The fourth-order valence-electron chi connectivity index (χ4n) is 12.1. The van der Waals surface area contributed by atoms with Crippen molar-refractivity contribution in [2.24, 2.45) is 11.3 Å². The van der Waals surface area contributed by atoms with Gasteiger partial charge in [0, 0.05) is 91.3 Å². The number of aromatic nitrogens is 16. The van der Waals surface area contributed by atoms with Gasteiger partial charge in [0.2, 0.25) is 23.8 Å². The van der Waals surface area contributed by atoms with E-state index in [1.807, 2.05) is 118 Å². The normalized spacial score (nSPS) is 13.9. The third-order valence-electron chi connectivity index (χ3n) is 19.3. The molecule has 12 aromatic rings. The molecule has 141 heavy (non-hydrogen) atoms. The Bertz CT molecular complexity index is 6710. The number of rotatable bonds is 52. The minimum atomic E-state index is -3.65. The van der Waals surface area contributed by atoms with Crippen molar-refractivity contribution >= 4 is 230 Å². The molecule has 1 fully saturated rings. The Balaban J connectivity index is 0.000000193. The van der Waals surface area contributed by atoms with E-state index in [0.717, 1.165) is 94.7 Å². The zero-order valence-electron chi connectivity index (χ0n) is 76.8. The summed E-state index contributed by atoms with van der Waals surface area (Å²) >= 11 is 18.1. The van der Waals surface area contributed by atoms with Crippen LogP contribution in [0.1, 0.15) is 82.1 Å². The molecule has 4 unspecified atom stereocenters. The molecule has 0 amide bonds. The number of fused-ring (bicyclic) bond motifs is 4. The van der Waals surface area contributed by atoms with Crippen molar-refractivity contribution in [1.82, 2.24) is 78.1 Å². The lowest BCUT2D eigenvalue weighted by molar-refractivity contribution is -0.117. The molecule has 8 aromatic heterocycles. The summed E-state index contributed by atoms with van der Waals surface area (Å²) in [6.45, 7) is 13.1.